The number of sulfonamides is 1. The fourth-order valence-electron chi connectivity index (χ4n) is 2.50. The number of nitro benzene ring substituents is 1. The smallest absolute Gasteiger partial charge is 0.312 e. The van der Waals surface area contributed by atoms with E-state index < -0.39 is 31.9 Å². The second-order valence-corrected chi connectivity index (χ2v) is 6.84. The van der Waals surface area contributed by atoms with Gasteiger partial charge in [0.25, 0.3) is 0 Å². The van der Waals surface area contributed by atoms with Gasteiger partial charge in [0.15, 0.2) is 5.75 Å². The van der Waals surface area contributed by atoms with E-state index in [1.165, 1.54) is 0 Å². The summed E-state index contributed by atoms with van der Waals surface area (Å²) in [7, 11) is -4.01. The zero-order chi connectivity index (χ0) is 15.7. The van der Waals surface area contributed by atoms with Gasteiger partial charge in [0.1, 0.15) is 0 Å². The van der Waals surface area contributed by atoms with Crippen molar-refractivity contribution in [1.82, 2.24) is 4.72 Å². The minimum Gasteiger partial charge on any atom is -0.502 e. The maximum atomic E-state index is 12.3. The Hall–Kier alpha value is -1.71. The average molecular weight is 316 g/mol. The summed E-state index contributed by atoms with van der Waals surface area (Å²) in [5, 5.41) is 29.5. The van der Waals surface area contributed by atoms with E-state index >= 15 is 0 Å². The molecule has 1 aliphatic carbocycles. The molecule has 0 aliphatic heterocycles. The molecule has 0 spiro atoms. The van der Waals surface area contributed by atoms with Crippen molar-refractivity contribution >= 4 is 15.7 Å². The van der Waals surface area contributed by atoms with Crippen LogP contribution in [0.15, 0.2) is 23.1 Å². The lowest BCUT2D eigenvalue weighted by atomic mass is 10.0. The van der Waals surface area contributed by atoms with E-state index in [4.69, 9.17) is 0 Å². The van der Waals surface area contributed by atoms with Gasteiger partial charge < -0.3 is 10.2 Å². The van der Waals surface area contributed by atoms with Crippen LogP contribution in [0.4, 0.5) is 5.69 Å². The molecule has 0 atom stereocenters. The summed E-state index contributed by atoms with van der Waals surface area (Å²) < 4.78 is 27.1. The first-order valence-corrected chi connectivity index (χ1v) is 7.90. The zero-order valence-corrected chi connectivity index (χ0v) is 12.0. The Morgan fingerprint density at radius 1 is 1.33 bits per heavy atom. The number of phenolic OH excluding ortho intramolecular Hbond substituents is 1. The Balaban J connectivity index is 2.36. The molecule has 0 unspecified atom stereocenters. The molecule has 0 heterocycles. The van der Waals surface area contributed by atoms with Crippen LogP contribution in [0.2, 0.25) is 0 Å². The molecular weight excluding hydrogens is 300 g/mol. The van der Waals surface area contributed by atoms with E-state index in [1.807, 2.05) is 0 Å². The van der Waals surface area contributed by atoms with Crippen molar-refractivity contribution in [2.75, 3.05) is 6.61 Å². The highest BCUT2D eigenvalue weighted by atomic mass is 32.2. The maximum absolute atomic E-state index is 12.3. The number of aliphatic hydroxyl groups is 1. The van der Waals surface area contributed by atoms with Crippen LogP contribution in [0.5, 0.6) is 5.75 Å². The number of aromatic hydroxyl groups is 1. The second kappa shape index (κ2) is 5.58. The van der Waals surface area contributed by atoms with E-state index in [9.17, 15) is 28.7 Å². The van der Waals surface area contributed by atoms with Crippen LogP contribution in [-0.4, -0.2) is 35.7 Å². The molecule has 8 nitrogen and oxygen atoms in total. The Labute approximate surface area is 121 Å². The molecule has 3 N–H and O–H groups in total. The Morgan fingerprint density at radius 3 is 2.48 bits per heavy atom. The number of rotatable bonds is 5. The van der Waals surface area contributed by atoms with Gasteiger partial charge in [-0.3, -0.25) is 10.1 Å². The molecule has 1 aromatic carbocycles. The van der Waals surface area contributed by atoms with Crippen molar-refractivity contribution in [3.8, 4) is 5.75 Å². The van der Waals surface area contributed by atoms with Gasteiger partial charge in [0.05, 0.1) is 22.0 Å². The van der Waals surface area contributed by atoms with Crippen LogP contribution >= 0.6 is 0 Å². The predicted octanol–water partition coefficient (Wildman–Crippen LogP) is 0.884. The first-order chi connectivity index (χ1) is 9.80. The highest BCUT2D eigenvalue weighted by Gasteiger charge is 2.37. The number of aliphatic hydroxyl groups excluding tert-OH is 1. The molecule has 0 aromatic heterocycles. The number of benzene rings is 1. The molecule has 1 aliphatic rings. The van der Waals surface area contributed by atoms with Crippen LogP contribution in [0.1, 0.15) is 25.7 Å². The summed E-state index contributed by atoms with van der Waals surface area (Å²) in [4.78, 5) is 9.59. The minimum atomic E-state index is -4.01. The molecule has 0 saturated heterocycles. The average Bonchev–Trinajstić information content (AvgIpc) is 2.87. The molecule has 21 heavy (non-hydrogen) atoms. The van der Waals surface area contributed by atoms with Crippen LogP contribution in [-0.2, 0) is 10.0 Å². The lowest BCUT2D eigenvalue weighted by Gasteiger charge is -2.27. The quantitative estimate of drug-likeness (QED) is 0.546. The van der Waals surface area contributed by atoms with Gasteiger partial charge in [-0.05, 0) is 25.0 Å². The lowest BCUT2D eigenvalue weighted by molar-refractivity contribution is -0.386. The van der Waals surface area contributed by atoms with Gasteiger partial charge in [0.2, 0.25) is 10.0 Å². The number of nitro groups is 1. The fourth-order valence-corrected chi connectivity index (χ4v) is 3.98. The van der Waals surface area contributed by atoms with E-state index in [1.54, 1.807) is 0 Å². The molecular formula is C12H16N2O6S. The predicted molar refractivity (Wildman–Crippen MR) is 73.4 cm³/mol. The summed E-state index contributed by atoms with van der Waals surface area (Å²) in [5.41, 5.74) is -1.59. The molecule has 1 saturated carbocycles. The number of hydrogen-bond acceptors (Lipinski definition) is 6. The molecule has 0 radical (unpaired) electrons. The summed E-state index contributed by atoms with van der Waals surface area (Å²) in [6, 6.07) is 2.86. The van der Waals surface area contributed by atoms with Crippen molar-refractivity contribution in [2.24, 2.45) is 0 Å². The summed E-state index contributed by atoms with van der Waals surface area (Å²) >= 11 is 0. The monoisotopic (exact) mass is 316 g/mol. The van der Waals surface area contributed by atoms with E-state index in [-0.39, 0.29) is 11.5 Å². The van der Waals surface area contributed by atoms with Gasteiger partial charge in [-0.15, -0.1) is 0 Å². The summed E-state index contributed by atoms with van der Waals surface area (Å²) in [6.07, 6.45) is 2.64. The third-order valence-electron chi connectivity index (χ3n) is 3.67. The summed E-state index contributed by atoms with van der Waals surface area (Å²) in [5.74, 6) is -0.600. The standard InChI is InChI=1S/C12H16N2O6S/c15-8-12(5-1-2-6-12)13-21(19,20)9-3-4-11(16)10(7-9)14(17)18/h3-4,7,13,15-16H,1-2,5-6,8H2. The Bertz CT molecular complexity index is 652. The zero-order valence-electron chi connectivity index (χ0n) is 11.2. The van der Waals surface area contributed by atoms with Gasteiger partial charge >= 0.3 is 5.69 Å². The second-order valence-electron chi connectivity index (χ2n) is 5.16. The SMILES string of the molecule is O=[N+]([O-])c1cc(S(=O)(=O)NC2(CO)CCCC2)ccc1O. The number of nitrogens with zero attached hydrogens (tertiary/aromatic N) is 1. The molecule has 1 fully saturated rings. The lowest BCUT2D eigenvalue weighted by Crippen LogP contribution is -2.49. The van der Waals surface area contributed by atoms with Crippen molar-refractivity contribution < 1.29 is 23.6 Å². The molecule has 2 rings (SSSR count). The van der Waals surface area contributed by atoms with Crippen LogP contribution in [0.3, 0.4) is 0 Å². The Morgan fingerprint density at radius 2 is 1.95 bits per heavy atom. The molecule has 1 aromatic rings. The minimum absolute atomic E-state index is 0.313. The fraction of sp³-hybridized carbons (Fsp3) is 0.500. The van der Waals surface area contributed by atoms with Crippen LogP contribution in [0, 0.1) is 10.1 Å². The van der Waals surface area contributed by atoms with E-state index in [0.717, 1.165) is 31.0 Å². The normalized spacial score (nSPS) is 17.8. The first kappa shape index (κ1) is 15.7. The first-order valence-electron chi connectivity index (χ1n) is 6.42. The number of phenols is 1. The van der Waals surface area contributed by atoms with Gasteiger partial charge in [-0.1, -0.05) is 12.8 Å². The highest BCUT2D eigenvalue weighted by molar-refractivity contribution is 7.89. The molecule has 0 amide bonds. The van der Waals surface area contributed by atoms with Crippen molar-refractivity contribution in [1.29, 1.82) is 0 Å². The summed E-state index contributed by atoms with van der Waals surface area (Å²) in [6.45, 7) is -0.327. The third kappa shape index (κ3) is 3.14. The molecule has 116 valence electrons. The van der Waals surface area contributed by atoms with Crippen molar-refractivity contribution in [3.05, 3.63) is 28.3 Å². The molecule has 0 bridgehead atoms. The van der Waals surface area contributed by atoms with Gasteiger partial charge in [-0.25, -0.2) is 13.1 Å². The van der Waals surface area contributed by atoms with Gasteiger partial charge in [-0.2, -0.15) is 0 Å². The molecule has 9 heteroatoms. The highest BCUT2D eigenvalue weighted by Crippen LogP contribution is 2.32. The van der Waals surface area contributed by atoms with Crippen LogP contribution < -0.4 is 4.72 Å². The number of hydrogen-bond donors (Lipinski definition) is 3. The van der Waals surface area contributed by atoms with Gasteiger partial charge in [0, 0.05) is 6.07 Å². The van der Waals surface area contributed by atoms with E-state index in [2.05, 4.69) is 4.72 Å². The number of nitrogens with one attached hydrogen (secondary N) is 1. The van der Waals surface area contributed by atoms with Crippen LogP contribution in [0.25, 0.3) is 0 Å². The maximum Gasteiger partial charge on any atom is 0.312 e. The van der Waals surface area contributed by atoms with Crippen molar-refractivity contribution in [2.45, 2.75) is 36.1 Å². The third-order valence-corrected chi connectivity index (χ3v) is 5.24. The topological polar surface area (TPSA) is 130 Å². The van der Waals surface area contributed by atoms with E-state index in [0.29, 0.717) is 12.8 Å². The van der Waals surface area contributed by atoms with Crippen molar-refractivity contribution in [3.63, 3.8) is 0 Å². The largest absolute Gasteiger partial charge is 0.502 e. The Kier molecular flexibility index (Phi) is 4.17.